The van der Waals surface area contributed by atoms with Crippen molar-refractivity contribution in [2.24, 2.45) is 0 Å². The van der Waals surface area contributed by atoms with Gasteiger partial charge in [-0.25, -0.2) is 4.98 Å². The number of aryl methyl sites for hydroxylation is 1. The van der Waals surface area contributed by atoms with Crippen LogP contribution in [0.15, 0.2) is 24.4 Å². The summed E-state index contributed by atoms with van der Waals surface area (Å²) < 4.78 is 12.3. The number of aromatic amines is 1. The van der Waals surface area contributed by atoms with Crippen molar-refractivity contribution in [1.82, 2.24) is 9.97 Å². The fraction of sp³-hybridized carbons (Fsp3) is 0.389. The Labute approximate surface area is 151 Å². The maximum absolute atomic E-state index is 9.75. The number of aromatic hydroxyl groups is 1. The summed E-state index contributed by atoms with van der Waals surface area (Å²) in [6, 6.07) is 6.14. The summed E-state index contributed by atoms with van der Waals surface area (Å²) in [6.07, 6.45) is 1.93. The lowest BCUT2D eigenvalue weighted by molar-refractivity contribution is 0.00578. The van der Waals surface area contributed by atoms with Crippen LogP contribution in [0.3, 0.4) is 0 Å². The van der Waals surface area contributed by atoms with Crippen molar-refractivity contribution < 1.29 is 14.4 Å². The number of hydrogen-bond acceptors (Lipinski definition) is 5. The molecule has 25 heavy (non-hydrogen) atoms. The van der Waals surface area contributed by atoms with Gasteiger partial charge in [-0.05, 0) is 46.1 Å². The number of nitrogens with zero attached hydrogens (tertiary/aromatic N) is 1. The highest BCUT2D eigenvalue weighted by atomic mass is 32.1. The largest absolute Gasteiger partial charge is 0.494 e. The van der Waals surface area contributed by atoms with Crippen LogP contribution >= 0.6 is 11.3 Å². The molecule has 0 bridgehead atoms. The third kappa shape index (κ3) is 2.58. The molecule has 2 aromatic heterocycles. The summed E-state index contributed by atoms with van der Waals surface area (Å²) in [5.74, 6) is 0.100. The first-order chi connectivity index (χ1) is 11.7. The summed E-state index contributed by atoms with van der Waals surface area (Å²) >= 11 is 1.49. The molecule has 0 saturated carbocycles. The summed E-state index contributed by atoms with van der Waals surface area (Å²) in [5, 5.41) is 11.6. The van der Waals surface area contributed by atoms with Crippen LogP contribution in [0.5, 0.6) is 5.88 Å². The standard InChI is InChI=1S/C18H21BN2O3S/c1-10-15(22)21-16(25-10)13-9-20-14-8-11(6-7-12(13)14)19-23-17(2,3)18(4,5)24-19/h6-9,20,22H,1-5H3. The van der Waals surface area contributed by atoms with E-state index in [-0.39, 0.29) is 24.2 Å². The minimum absolute atomic E-state index is 0.100. The molecule has 2 N–H and O–H groups in total. The molecule has 5 nitrogen and oxygen atoms in total. The van der Waals surface area contributed by atoms with E-state index in [1.54, 1.807) is 0 Å². The van der Waals surface area contributed by atoms with Crippen LogP contribution in [0.2, 0.25) is 0 Å². The van der Waals surface area contributed by atoms with Gasteiger partial charge in [0.05, 0.1) is 16.1 Å². The molecule has 0 atom stereocenters. The van der Waals surface area contributed by atoms with Gasteiger partial charge in [-0.1, -0.05) is 12.1 Å². The lowest BCUT2D eigenvalue weighted by Gasteiger charge is -2.32. The van der Waals surface area contributed by atoms with Gasteiger partial charge in [0.1, 0.15) is 5.01 Å². The Kier molecular flexibility index (Phi) is 3.55. The van der Waals surface area contributed by atoms with Gasteiger partial charge >= 0.3 is 7.12 Å². The van der Waals surface area contributed by atoms with E-state index >= 15 is 0 Å². The zero-order chi connectivity index (χ0) is 18.0. The number of benzene rings is 1. The van der Waals surface area contributed by atoms with Gasteiger partial charge in [0, 0.05) is 22.7 Å². The smallest absolute Gasteiger partial charge is 0.492 e. The van der Waals surface area contributed by atoms with Crippen LogP contribution in [0.25, 0.3) is 21.5 Å². The Bertz CT molecular complexity index is 925. The van der Waals surface area contributed by atoms with Gasteiger partial charge in [-0.15, -0.1) is 11.3 Å². The maximum Gasteiger partial charge on any atom is 0.494 e. The van der Waals surface area contributed by atoms with E-state index in [0.717, 1.165) is 31.8 Å². The number of rotatable bonds is 2. The second kappa shape index (κ2) is 5.33. The highest BCUT2D eigenvalue weighted by Crippen LogP contribution is 2.38. The third-order valence-electron chi connectivity index (χ3n) is 5.23. The molecule has 0 aliphatic carbocycles. The van der Waals surface area contributed by atoms with E-state index in [2.05, 4.69) is 49.8 Å². The van der Waals surface area contributed by atoms with Gasteiger partial charge in [-0.3, -0.25) is 0 Å². The fourth-order valence-electron chi connectivity index (χ4n) is 2.95. The van der Waals surface area contributed by atoms with E-state index in [1.165, 1.54) is 11.3 Å². The zero-order valence-corrected chi connectivity index (χ0v) is 15.8. The molecule has 1 aromatic carbocycles. The number of H-pyrrole nitrogens is 1. The van der Waals surface area contributed by atoms with E-state index in [0.29, 0.717) is 0 Å². The van der Waals surface area contributed by atoms with Gasteiger partial charge in [0.2, 0.25) is 5.88 Å². The average molecular weight is 356 g/mol. The molecular weight excluding hydrogens is 335 g/mol. The highest BCUT2D eigenvalue weighted by Gasteiger charge is 2.51. The van der Waals surface area contributed by atoms with E-state index in [1.807, 2.05) is 19.2 Å². The van der Waals surface area contributed by atoms with Crippen molar-refractivity contribution in [3.63, 3.8) is 0 Å². The molecule has 1 aliphatic rings. The van der Waals surface area contributed by atoms with Crippen molar-refractivity contribution in [3.8, 4) is 16.5 Å². The molecule has 7 heteroatoms. The highest BCUT2D eigenvalue weighted by molar-refractivity contribution is 7.15. The van der Waals surface area contributed by atoms with E-state index < -0.39 is 0 Å². The van der Waals surface area contributed by atoms with Crippen LogP contribution < -0.4 is 5.46 Å². The Balaban J connectivity index is 1.71. The molecule has 3 aromatic rings. The summed E-state index contributed by atoms with van der Waals surface area (Å²) in [4.78, 5) is 8.36. The number of hydrogen-bond donors (Lipinski definition) is 2. The molecule has 130 valence electrons. The van der Waals surface area contributed by atoms with Crippen LogP contribution in [0.1, 0.15) is 32.6 Å². The molecule has 0 spiro atoms. The number of aromatic nitrogens is 2. The number of nitrogens with one attached hydrogen (secondary N) is 1. The quantitative estimate of drug-likeness (QED) is 0.689. The maximum atomic E-state index is 9.75. The Hall–Kier alpha value is -1.83. The second-order valence-electron chi connectivity index (χ2n) is 7.49. The third-order valence-corrected chi connectivity index (χ3v) is 6.23. The lowest BCUT2D eigenvalue weighted by Crippen LogP contribution is -2.41. The first-order valence-corrected chi connectivity index (χ1v) is 9.13. The minimum Gasteiger partial charge on any atom is -0.492 e. The monoisotopic (exact) mass is 356 g/mol. The molecule has 1 aliphatic heterocycles. The van der Waals surface area contributed by atoms with Gasteiger partial charge < -0.3 is 19.4 Å². The second-order valence-corrected chi connectivity index (χ2v) is 8.70. The molecule has 0 radical (unpaired) electrons. The normalized spacial score (nSPS) is 19.0. The average Bonchev–Trinajstić information content (AvgIpc) is 3.14. The van der Waals surface area contributed by atoms with Gasteiger partial charge in [-0.2, -0.15) is 0 Å². The number of fused-ring (bicyclic) bond motifs is 1. The lowest BCUT2D eigenvalue weighted by atomic mass is 9.79. The topological polar surface area (TPSA) is 67.4 Å². The molecule has 0 unspecified atom stereocenters. The summed E-state index contributed by atoms with van der Waals surface area (Å²) in [5.41, 5.74) is 2.25. The van der Waals surface area contributed by atoms with Crippen LogP contribution in [-0.2, 0) is 9.31 Å². The van der Waals surface area contributed by atoms with Gasteiger partial charge in [0.15, 0.2) is 0 Å². The first kappa shape index (κ1) is 16.6. The SMILES string of the molecule is Cc1sc(-c2c[nH]c3cc(B4OC(C)(C)C(C)(C)O4)ccc23)nc1O. The van der Waals surface area contributed by atoms with Crippen molar-refractivity contribution in [2.45, 2.75) is 45.8 Å². The summed E-state index contributed by atoms with van der Waals surface area (Å²) in [6.45, 7) is 10.1. The predicted octanol–water partition coefficient (Wildman–Crippen LogP) is 3.60. The van der Waals surface area contributed by atoms with Crippen LogP contribution in [-0.4, -0.2) is 33.4 Å². The molecule has 0 amide bonds. The Morgan fingerprint density at radius 1 is 1.16 bits per heavy atom. The predicted molar refractivity (Wildman–Crippen MR) is 102 cm³/mol. The van der Waals surface area contributed by atoms with Crippen molar-refractivity contribution >= 4 is 34.8 Å². The zero-order valence-electron chi connectivity index (χ0n) is 15.0. The Morgan fingerprint density at radius 3 is 2.44 bits per heavy atom. The van der Waals surface area contributed by atoms with Crippen molar-refractivity contribution in [1.29, 1.82) is 0 Å². The molecular formula is C18H21BN2O3S. The van der Waals surface area contributed by atoms with E-state index in [4.69, 9.17) is 9.31 Å². The molecule has 4 rings (SSSR count). The van der Waals surface area contributed by atoms with E-state index in [9.17, 15) is 5.11 Å². The van der Waals surface area contributed by atoms with Crippen molar-refractivity contribution in [2.75, 3.05) is 0 Å². The van der Waals surface area contributed by atoms with Crippen LogP contribution in [0, 0.1) is 6.92 Å². The van der Waals surface area contributed by atoms with Gasteiger partial charge in [0.25, 0.3) is 0 Å². The molecule has 1 fully saturated rings. The first-order valence-electron chi connectivity index (χ1n) is 8.31. The van der Waals surface area contributed by atoms with Crippen LogP contribution in [0.4, 0.5) is 0 Å². The fourth-order valence-corrected chi connectivity index (χ4v) is 3.79. The molecule has 3 heterocycles. The minimum atomic E-state index is -0.382. The van der Waals surface area contributed by atoms with Crippen molar-refractivity contribution in [3.05, 3.63) is 29.3 Å². The number of thiazole rings is 1. The molecule has 1 saturated heterocycles. The Morgan fingerprint density at radius 2 is 1.84 bits per heavy atom. The summed E-state index contributed by atoms with van der Waals surface area (Å²) in [7, 11) is -0.382.